The largest absolute Gasteiger partial charge is 0.416 e. The molecule has 0 spiro atoms. The maximum absolute atomic E-state index is 12.8. The molecule has 0 aromatic heterocycles. The standard InChI is InChI=1S/C9H6ClF4NO/c10-4-8(16)15-7-2-5(9(12,13)14)1-6(11)3-7/h1-3H,4H2,(H,15,16). The molecular formula is C9H6ClF4NO. The first-order valence-corrected chi connectivity index (χ1v) is 4.60. The van der Waals surface area contributed by atoms with E-state index >= 15 is 0 Å². The minimum Gasteiger partial charge on any atom is -0.325 e. The van der Waals surface area contributed by atoms with E-state index in [9.17, 15) is 22.4 Å². The minimum absolute atomic E-state index is 0.280. The molecule has 0 saturated heterocycles. The summed E-state index contributed by atoms with van der Waals surface area (Å²) in [5.74, 6) is -2.21. The predicted molar refractivity (Wildman–Crippen MR) is 50.8 cm³/mol. The first kappa shape index (κ1) is 12.8. The van der Waals surface area contributed by atoms with Gasteiger partial charge in [0.25, 0.3) is 0 Å². The van der Waals surface area contributed by atoms with Gasteiger partial charge in [0.1, 0.15) is 11.7 Å². The molecular weight excluding hydrogens is 250 g/mol. The molecule has 0 fully saturated rings. The second-order valence-electron chi connectivity index (χ2n) is 2.91. The van der Waals surface area contributed by atoms with Gasteiger partial charge in [-0.1, -0.05) is 0 Å². The number of carbonyl (C=O) groups is 1. The fraction of sp³-hybridized carbons (Fsp3) is 0.222. The van der Waals surface area contributed by atoms with E-state index in [1.54, 1.807) is 0 Å². The van der Waals surface area contributed by atoms with E-state index < -0.39 is 29.3 Å². The molecule has 1 amide bonds. The Morgan fingerprint density at radius 3 is 2.44 bits per heavy atom. The summed E-state index contributed by atoms with van der Waals surface area (Å²) in [7, 11) is 0. The van der Waals surface area contributed by atoms with Crippen LogP contribution >= 0.6 is 11.6 Å². The van der Waals surface area contributed by atoms with Gasteiger partial charge in [-0.15, -0.1) is 11.6 Å². The van der Waals surface area contributed by atoms with Crippen LogP contribution < -0.4 is 5.32 Å². The van der Waals surface area contributed by atoms with Crippen molar-refractivity contribution < 1.29 is 22.4 Å². The van der Waals surface area contributed by atoms with Crippen molar-refractivity contribution >= 4 is 23.2 Å². The third-order valence-electron chi connectivity index (χ3n) is 1.63. The van der Waals surface area contributed by atoms with E-state index in [2.05, 4.69) is 0 Å². The molecule has 0 aliphatic carbocycles. The Kier molecular flexibility index (Phi) is 3.74. The summed E-state index contributed by atoms with van der Waals surface area (Å²) in [6.07, 6.45) is -4.66. The van der Waals surface area contributed by atoms with E-state index in [1.807, 2.05) is 5.32 Å². The molecule has 88 valence electrons. The van der Waals surface area contributed by atoms with Gasteiger partial charge in [0.05, 0.1) is 5.56 Å². The molecule has 1 aromatic carbocycles. The fourth-order valence-electron chi connectivity index (χ4n) is 1.02. The van der Waals surface area contributed by atoms with Crippen LogP contribution in [0.1, 0.15) is 5.56 Å². The van der Waals surface area contributed by atoms with Crippen molar-refractivity contribution in [2.24, 2.45) is 0 Å². The van der Waals surface area contributed by atoms with E-state index in [-0.39, 0.29) is 5.69 Å². The quantitative estimate of drug-likeness (QED) is 0.639. The van der Waals surface area contributed by atoms with Crippen molar-refractivity contribution in [1.82, 2.24) is 0 Å². The lowest BCUT2D eigenvalue weighted by molar-refractivity contribution is -0.137. The lowest BCUT2D eigenvalue weighted by atomic mass is 10.2. The average molecular weight is 256 g/mol. The Bertz CT molecular complexity index is 405. The highest BCUT2D eigenvalue weighted by Crippen LogP contribution is 2.31. The van der Waals surface area contributed by atoms with Crippen LogP contribution in [-0.4, -0.2) is 11.8 Å². The number of hydrogen-bond acceptors (Lipinski definition) is 1. The molecule has 1 rings (SSSR count). The van der Waals surface area contributed by atoms with Crippen LogP contribution in [0.3, 0.4) is 0 Å². The normalized spacial score (nSPS) is 11.3. The SMILES string of the molecule is O=C(CCl)Nc1cc(F)cc(C(F)(F)F)c1. The number of alkyl halides is 4. The molecule has 0 bridgehead atoms. The molecule has 0 aliphatic rings. The highest BCUT2D eigenvalue weighted by atomic mass is 35.5. The third kappa shape index (κ3) is 3.37. The molecule has 0 atom stereocenters. The van der Waals surface area contributed by atoms with Gasteiger partial charge in [0, 0.05) is 5.69 Å². The average Bonchev–Trinajstić information content (AvgIpc) is 2.15. The topological polar surface area (TPSA) is 29.1 Å². The van der Waals surface area contributed by atoms with Gasteiger partial charge >= 0.3 is 6.18 Å². The lowest BCUT2D eigenvalue weighted by Crippen LogP contribution is -2.14. The van der Waals surface area contributed by atoms with Crippen LogP contribution in [0.2, 0.25) is 0 Å². The summed E-state index contributed by atoms with van der Waals surface area (Å²) in [6.45, 7) is 0. The molecule has 1 N–H and O–H groups in total. The van der Waals surface area contributed by atoms with Gasteiger partial charge in [0.15, 0.2) is 0 Å². The lowest BCUT2D eigenvalue weighted by Gasteiger charge is -2.09. The van der Waals surface area contributed by atoms with Gasteiger partial charge in [-0.2, -0.15) is 13.2 Å². The second kappa shape index (κ2) is 4.69. The first-order valence-electron chi connectivity index (χ1n) is 4.06. The van der Waals surface area contributed by atoms with Crippen molar-refractivity contribution in [3.8, 4) is 0 Å². The number of benzene rings is 1. The Balaban J connectivity index is 3.04. The van der Waals surface area contributed by atoms with Crippen LogP contribution in [0.25, 0.3) is 0 Å². The molecule has 1 aromatic rings. The zero-order chi connectivity index (χ0) is 12.3. The molecule has 16 heavy (non-hydrogen) atoms. The van der Waals surface area contributed by atoms with E-state index in [0.717, 1.165) is 6.07 Å². The van der Waals surface area contributed by atoms with Crippen molar-refractivity contribution in [2.75, 3.05) is 11.2 Å². The first-order chi connectivity index (χ1) is 7.32. The Hall–Kier alpha value is -1.30. The van der Waals surface area contributed by atoms with Crippen molar-refractivity contribution in [3.63, 3.8) is 0 Å². The van der Waals surface area contributed by atoms with Crippen LogP contribution in [0.4, 0.5) is 23.2 Å². The third-order valence-corrected chi connectivity index (χ3v) is 1.87. The van der Waals surface area contributed by atoms with Crippen LogP contribution in [0.5, 0.6) is 0 Å². The van der Waals surface area contributed by atoms with Crippen LogP contribution in [0.15, 0.2) is 18.2 Å². The second-order valence-corrected chi connectivity index (χ2v) is 3.18. The van der Waals surface area contributed by atoms with E-state index in [1.165, 1.54) is 0 Å². The zero-order valence-electron chi connectivity index (χ0n) is 7.74. The van der Waals surface area contributed by atoms with Crippen LogP contribution in [0, 0.1) is 5.82 Å². The van der Waals surface area contributed by atoms with Crippen molar-refractivity contribution in [3.05, 3.63) is 29.6 Å². The highest BCUT2D eigenvalue weighted by molar-refractivity contribution is 6.29. The summed E-state index contributed by atoms with van der Waals surface area (Å²) < 4.78 is 49.6. The van der Waals surface area contributed by atoms with Gasteiger partial charge < -0.3 is 5.32 Å². The van der Waals surface area contributed by atoms with Crippen molar-refractivity contribution in [2.45, 2.75) is 6.18 Å². The zero-order valence-corrected chi connectivity index (χ0v) is 8.49. The van der Waals surface area contributed by atoms with E-state index in [0.29, 0.717) is 12.1 Å². The van der Waals surface area contributed by atoms with Gasteiger partial charge in [0.2, 0.25) is 5.91 Å². The number of nitrogens with one attached hydrogen (secondary N) is 1. The molecule has 0 saturated carbocycles. The summed E-state index contributed by atoms with van der Waals surface area (Å²) in [5.41, 5.74) is -1.45. The molecule has 7 heteroatoms. The van der Waals surface area contributed by atoms with Gasteiger partial charge in [-0.25, -0.2) is 4.39 Å². The van der Waals surface area contributed by atoms with Crippen LogP contribution in [-0.2, 0) is 11.0 Å². The number of hydrogen-bond donors (Lipinski definition) is 1. The molecule has 0 radical (unpaired) electrons. The molecule has 0 unspecified atom stereocenters. The fourth-order valence-corrected chi connectivity index (χ4v) is 1.09. The summed E-state index contributed by atoms with van der Waals surface area (Å²) >= 11 is 5.14. The number of halogens is 5. The Labute approximate surface area is 93.2 Å². The Morgan fingerprint density at radius 2 is 1.94 bits per heavy atom. The number of carbonyl (C=O) groups excluding carboxylic acids is 1. The summed E-state index contributed by atoms with van der Waals surface area (Å²) in [4.78, 5) is 10.8. The minimum atomic E-state index is -4.66. The van der Waals surface area contributed by atoms with Crippen molar-refractivity contribution in [1.29, 1.82) is 0 Å². The summed E-state index contributed by atoms with van der Waals surface area (Å²) in [6, 6.07) is 1.75. The highest BCUT2D eigenvalue weighted by Gasteiger charge is 2.31. The molecule has 0 heterocycles. The van der Waals surface area contributed by atoms with Gasteiger partial charge in [-0.3, -0.25) is 4.79 Å². The molecule has 2 nitrogen and oxygen atoms in total. The number of amides is 1. The monoisotopic (exact) mass is 255 g/mol. The van der Waals surface area contributed by atoms with Gasteiger partial charge in [-0.05, 0) is 18.2 Å². The van der Waals surface area contributed by atoms with E-state index in [4.69, 9.17) is 11.6 Å². The number of anilines is 1. The number of rotatable bonds is 2. The smallest absolute Gasteiger partial charge is 0.325 e. The molecule has 0 aliphatic heterocycles. The maximum atomic E-state index is 12.8. The maximum Gasteiger partial charge on any atom is 0.416 e. The predicted octanol–water partition coefficient (Wildman–Crippen LogP) is 3.02. The summed E-state index contributed by atoms with van der Waals surface area (Å²) in [5, 5.41) is 2.03. The Morgan fingerprint density at radius 1 is 1.31 bits per heavy atom.